The zero-order valence-corrected chi connectivity index (χ0v) is 13.5. The van der Waals surface area contributed by atoms with Crippen LogP contribution in [0.15, 0.2) is 53.9 Å². The number of nitrogens with one attached hydrogen (secondary N) is 1. The highest BCUT2D eigenvalue weighted by molar-refractivity contribution is 7.14. The minimum Gasteiger partial charge on any atom is -0.494 e. The summed E-state index contributed by atoms with van der Waals surface area (Å²) in [7, 11) is 0. The number of aromatic nitrogens is 1. The summed E-state index contributed by atoms with van der Waals surface area (Å²) in [6.45, 7) is 4.75. The first-order valence-corrected chi connectivity index (χ1v) is 8.15. The molecule has 0 aliphatic carbocycles. The van der Waals surface area contributed by atoms with Gasteiger partial charge in [-0.3, -0.25) is 0 Å². The molecule has 0 radical (unpaired) electrons. The second-order valence-electron chi connectivity index (χ2n) is 4.99. The van der Waals surface area contributed by atoms with Crippen molar-refractivity contribution in [3.05, 3.63) is 59.5 Å². The first-order chi connectivity index (χ1) is 10.7. The van der Waals surface area contributed by atoms with Gasteiger partial charge in [-0.1, -0.05) is 29.8 Å². The van der Waals surface area contributed by atoms with Crippen LogP contribution >= 0.6 is 11.3 Å². The zero-order valence-electron chi connectivity index (χ0n) is 12.7. The quantitative estimate of drug-likeness (QED) is 0.698. The second kappa shape index (κ2) is 6.62. The summed E-state index contributed by atoms with van der Waals surface area (Å²) in [6.07, 6.45) is 0. The summed E-state index contributed by atoms with van der Waals surface area (Å²) in [6, 6.07) is 16.3. The number of nitrogens with zero attached hydrogens (tertiary/aromatic N) is 1. The number of benzene rings is 2. The largest absolute Gasteiger partial charge is 0.494 e. The molecule has 112 valence electrons. The maximum Gasteiger partial charge on any atom is 0.187 e. The predicted octanol–water partition coefficient (Wildman–Crippen LogP) is 5.26. The average molecular weight is 310 g/mol. The molecule has 2 aromatic carbocycles. The van der Waals surface area contributed by atoms with Crippen molar-refractivity contribution in [2.45, 2.75) is 13.8 Å². The van der Waals surface area contributed by atoms with Crippen LogP contribution in [0.2, 0.25) is 0 Å². The molecule has 1 heterocycles. The lowest BCUT2D eigenvalue weighted by molar-refractivity contribution is 0.340. The van der Waals surface area contributed by atoms with Crippen molar-refractivity contribution < 1.29 is 4.74 Å². The van der Waals surface area contributed by atoms with Gasteiger partial charge in [-0.05, 0) is 38.1 Å². The Hall–Kier alpha value is -2.33. The fraction of sp³-hybridized carbons (Fsp3) is 0.167. The van der Waals surface area contributed by atoms with E-state index in [-0.39, 0.29) is 0 Å². The van der Waals surface area contributed by atoms with Crippen molar-refractivity contribution in [3.63, 3.8) is 0 Å². The van der Waals surface area contributed by atoms with Gasteiger partial charge in [-0.15, -0.1) is 11.3 Å². The molecule has 3 nitrogen and oxygen atoms in total. The Labute approximate surface area is 134 Å². The van der Waals surface area contributed by atoms with Crippen molar-refractivity contribution in [2.24, 2.45) is 0 Å². The number of ether oxygens (including phenoxy) is 1. The molecule has 0 aliphatic heterocycles. The lowest BCUT2D eigenvalue weighted by Gasteiger charge is -2.05. The van der Waals surface area contributed by atoms with Crippen LogP contribution in [0.3, 0.4) is 0 Å². The molecule has 0 amide bonds. The molecule has 0 unspecified atom stereocenters. The van der Waals surface area contributed by atoms with E-state index in [0.717, 1.165) is 27.8 Å². The third-order valence-corrected chi connectivity index (χ3v) is 4.03. The van der Waals surface area contributed by atoms with E-state index in [1.165, 1.54) is 5.56 Å². The third-order valence-electron chi connectivity index (χ3n) is 3.27. The number of hydrogen-bond acceptors (Lipinski definition) is 4. The van der Waals surface area contributed by atoms with Crippen LogP contribution in [-0.2, 0) is 0 Å². The maximum absolute atomic E-state index is 5.44. The Morgan fingerprint density at radius 1 is 1.05 bits per heavy atom. The van der Waals surface area contributed by atoms with Crippen molar-refractivity contribution in [1.29, 1.82) is 0 Å². The van der Waals surface area contributed by atoms with Gasteiger partial charge in [0.15, 0.2) is 5.13 Å². The molecule has 3 rings (SSSR count). The summed E-state index contributed by atoms with van der Waals surface area (Å²) in [5, 5.41) is 6.29. The van der Waals surface area contributed by atoms with Crippen LogP contribution < -0.4 is 10.1 Å². The molecule has 0 bridgehead atoms. The Balaban J connectivity index is 1.72. The predicted molar refractivity (Wildman–Crippen MR) is 93.2 cm³/mol. The van der Waals surface area contributed by atoms with E-state index in [2.05, 4.69) is 46.9 Å². The first kappa shape index (κ1) is 14.6. The van der Waals surface area contributed by atoms with Crippen molar-refractivity contribution in [2.75, 3.05) is 11.9 Å². The molecular weight excluding hydrogens is 292 g/mol. The van der Waals surface area contributed by atoms with Gasteiger partial charge in [-0.2, -0.15) is 0 Å². The Kier molecular flexibility index (Phi) is 4.39. The summed E-state index contributed by atoms with van der Waals surface area (Å²) < 4.78 is 5.44. The van der Waals surface area contributed by atoms with E-state index < -0.39 is 0 Å². The Morgan fingerprint density at radius 2 is 1.77 bits per heavy atom. The van der Waals surface area contributed by atoms with Gasteiger partial charge in [0, 0.05) is 16.6 Å². The Morgan fingerprint density at radius 3 is 2.45 bits per heavy atom. The molecule has 0 fully saturated rings. The molecule has 3 aromatic rings. The summed E-state index contributed by atoms with van der Waals surface area (Å²) in [5.74, 6) is 0.882. The average Bonchev–Trinajstić information content (AvgIpc) is 2.99. The highest BCUT2D eigenvalue weighted by Gasteiger charge is 2.05. The fourth-order valence-electron chi connectivity index (χ4n) is 2.11. The van der Waals surface area contributed by atoms with Gasteiger partial charge in [0.2, 0.25) is 0 Å². The van der Waals surface area contributed by atoms with E-state index in [1.807, 2.05) is 31.2 Å². The number of rotatable bonds is 5. The van der Waals surface area contributed by atoms with Crippen LogP contribution in [0.4, 0.5) is 10.8 Å². The van der Waals surface area contributed by atoms with Crippen LogP contribution in [0.25, 0.3) is 11.3 Å². The van der Waals surface area contributed by atoms with E-state index >= 15 is 0 Å². The molecule has 4 heteroatoms. The van der Waals surface area contributed by atoms with Crippen LogP contribution in [0, 0.1) is 6.92 Å². The molecule has 0 saturated carbocycles. The van der Waals surface area contributed by atoms with Gasteiger partial charge in [0.25, 0.3) is 0 Å². The number of hydrogen-bond donors (Lipinski definition) is 1. The third kappa shape index (κ3) is 3.46. The maximum atomic E-state index is 5.44. The van der Waals surface area contributed by atoms with Crippen LogP contribution in [0.5, 0.6) is 5.75 Å². The number of thiazole rings is 1. The van der Waals surface area contributed by atoms with Gasteiger partial charge < -0.3 is 10.1 Å². The van der Waals surface area contributed by atoms with E-state index in [9.17, 15) is 0 Å². The van der Waals surface area contributed by atoms with Crippen molar-refractivity contribution >= 4 is 22.2 Å². The van der Waals surface area contributed by atoms with Gasteiger partial charge in [0.1, 0.15) is 5.75 Å². The summed E-state index contributed by atoms with van der Waals surface area (Å²) in [4.78, 5) is 4.64. The molecule has 1 N–H and O–H groups in total. The second-order valence-corrected chi connectivity index (χ2v) is 5.84. The molecule has 0 aliphatic rings. The molecule has 22 heavy (non-hydrogen) atoms. The molecular formula is C18H18N2OS. The lowest BCUT2D eigenvalue weighted by Crippen LogP contribution is -1.92. The fourth-order valence-corrected chi connectivity index (χ4v) is 2.85. The van der Waals surface area contributed by atoms with Crippen molar-refractivity contribution in [1.82, 2.24) is 4.98 Å². The minimum absolute atomic E-state index is 0.680. The molecule has 0 atom stereocenters. The van der Waals surface area contributed by atoms with E-state index in [4.69, 9.17) is 4.74 Å². The molecule has 1 aromatic heterocycles. The summed E-state index contributed by atoms with van der Waals surface area (Å²) in [5.41, 5.74) is 4.40. The lowest BCUT2D eigenvalue weighted by atomic mass is 10.1. The molecule has 0 saturated heterocycles. The topological polar surface area (TPSA) is 34.1 Å². The van der Waals surface area contributed by atoms with Crippen LogP contribution in [0.1, 0.15) is 12.5 Å². The highest BCUT2D eigenvalue weighted by atomic mass is 32.1. The smallest absolute Gasteiger partial charge is 0.187 e. The van der Waals surface area contributed by atoms with E-state index in [1.54, 1.807) is 11.3 Å². The number of aryl methyl sites for hydroxylation is 1. The Bertz CT molecular complexity index is 733. The molecule has 0 spiro atoms. The SMILES string of the molecule is CCOc1ccc(Nc2nc(-c3ccc(C)cc3)cs2)cc1. The van der Waals surface area contributed by atoms with E-state index in [0.29, 0.717) is 6.61 Å². The summed E-state index contributed by atoms with van der Waals surface area (Å²) >= 11 is 1.60. The minimum atomic E-state index is 0.680. The van der Waals surface area contributed by atoms with Gasteiger partial charge in [-0.25, -0.2) is 4.98 Å². The normalized spacial score (nSPS) is 10.5. The number of anilines is 2. The first-order valence-electron chi connectivity index (χ1n) is 7.27. The standard InChI is InChI=1S/C18H18N2OS/c1-3-21-16-10-8-15(9-11-16)19-18-20-17(12-22-18)14-6-4-13(2)5-7-14/h4-12H,3H2,1-2H3,(H,19,20). The van der Waals surface area contributed by atoms with Gasteiger partial charge in [0.05, 0.1) is 12.3 Å². The monoisotopic (exact) mass is 310 g/mol. The highest BCUT2D eigenvalue weighted by Crippen LogP contribution is 2.28. The van der Waals surface area contributed by atoms with Crippen molar-refractivity contribution in [3.8, 4) is 17.0 Å². The zero-order chi connectivity index (χ0) is 15.4. The van der Waals surface area contributed by atoms with Gasteiger partial charge >= 0.3 is 0 Å². The van der Waals surface area contributed by atoms with Crippen LogP contribution in [-0.4, -0.2) is 11.6 Å².